The molecule has 1 aliphatic rings. The smallest absolute Gasteiger partial charge is 0.363 e. The minimum atomic E-state index is -4.49. The fourth-order valence-corrected chi connectivity index (χ4v) is 3.73. The zero-order chi connectivity index (χ0) is 21.5. The Hall–Kier alpha value is -3.30. The Balaban J connectivity index is 1.62. The van der Waals surface area contributed by atoms with Crippen molar-refractivity contribution in [1.82, 2.24) is 24.9 Å². The summed E-state index contributed by atoms with van der Waals surface area (Å²) in [5.41, 5.74) is 2.40. The van der Waals surface area contributed by atoms with Gasteiger partial charge in [-0.05, 0) is 12.5 Å². The van der Waals surface area contributed by atoms with E-state index in [0.717, 1.165) is 21.5 Å². The number of carbonyl (C=O) groups is 1. The van der Waals surface area contributed by atoms with E-state index in [9.17, 15) is 18.0 Å². The molecule has 3 heterocycles. The SMILES string of the molecule is Cc1nn(C)cc1CNC(=O)c1cnn2c1NC(c1ccccc1)CC2C(F)(F)F. The van der Waals surface area contributed by atoms with Gasteiger partial charge in [-0.15, -0.1) is 0 Å². The molecule has 30 heavy (non-hydrogen) atoms. The van der Waals surface area contributed by atoms with E-state index in [2.05, 4.69) is 20.8 Å². The summed E-state index contributed by atoms with van der Waals surface area (Å²) in [6, 6.07) is 6.47. The third-order valence-corrected chi connectivity index (χ3v) is 5.24. The molecule has 0 saturated carbocycles. The van der Waals surface area contributed by atoms with Crippen LogP contribution in [0.5, 0.6) is 0 Å². The normalized spacial score (nSPS) is 18.6. The van der Waals surface area contributed by atoms with Crippen LogP contribution in [0, 0.1) is 6.92 Å². The van der Waals surface area contributed by atoms with Gasteiger partial charge in [-0.1, -0.05) is 30.3 Å². The van der Waals surface area contributed by atoms with Gasteiger partial charge in [0.15, 0.2) is 6.04 Å². The minimum absolute atomic E-state index is 0.0674. The van der Waals surface area contributed by atoms with Gasteiger partial charge in [-0.2, -0.15) is 23.4 Å². The van der Waals surface area contributed by atoms with Crippen LogP contribution >= 0.6 is 0 Å². The molecule has 2 aromatic heterocycles. The van der Waals surface area contributed by atoms with Crippen molar-refractivity contribution in [2.75, 3.05) is 5.32 Å². The summed E-state index contributed by atoms with van der Waals surface area (Å²) in [5, 5.41) is 13.9. The third-order valence-electron chi connectivity index (χ3n) is 5.24. The quantitative estimate of drug-likeness (QED) is 0.680. The number of carbonyl (C=O) groups excluding carboxylic acids is 1. The molecular formula is C20H21F3N6O. The van der Waals surface area contributed by atoms with Crippen LogP contribution in [-0.4, -0.2) is 31.6 Å². The van der Waals surface area contributed by atoms with Crippen molar-refractivity contribution in [2.24, 2.45) is 7.05 Å². The second kappa shape index (κ2) is 7.51. The molecule has 1 amide bonds. The summed E-state index contributed by atoms with van der Waals surface area (Å²) in [5.74, 6) is -0.431. The van der Waals surface area contributed by atoms with E-state index in [0.29, 0.717) is 0 Å². The van der Waals surface area contributed by atoms with Crippen molar-refractivity contribution in [3.05, 3.63) is 65.1 Å². The summed E-state index contributed by atoms with van der Waals surface area (Å²) < 4.78 is 43.7. The largest absolute Gasteiger partial charge is 0.410 e. The fraction of sp³-hybridized carbons (Fsp3) is 0.350. The lowest BCUT2D eigenvalue weighted by molar-refractivity contribution is -0.173. The van der Waals surface area contributed by atoms with Crippen molar-refractivity contribution in [3.63, 3.8) is 0 Å². The van der Waals surface area contributed by atoms with Crippen molar-refractivity contribution < 1.29 is 18.0 Å². The minimum Gasteiger partial charge on any atom is -0.363 e. The first kappa shape index (κ1) is 20.0. The maximum Gasteiger partial charge on any atom is 0.410 e. The standard InChI is InChI=1S/C20H21F3N6O/c1-12-14(11-28(2)27-12)9-24-19(30)15-10-25-29-17(20(21,22)23)8-16(26-18(15)29)13-6-4-3-5-7-13/h3-7,10-11,16-17,26H,8-9H2,1-2H3,(H,24,30). The lowest BCUT2D eigenvalue weighted by Gasteiger charge is -2.34. The molecule has 2 N–H and O–H groups in total. The molecule has 2 atom stereocenters. The number of halogens is 3. The number of alkyl halides is 3. The van der Waals surface area contributed by atoms with E-state index in [-0.39, 0.29) is 24.3 Å². The zero-order valence-electron chi connectivity index (χ0n) is 16.4. The van der Waals surface area contributed by atoms with Crippen LogP contribution in [0.4, 0.5) is 19.0 Å². The molecule has 2 unspecified atom stereocenters. The Labute approximate surface area is 170 Å². The molecule has 1 aromatic carbocycles. The number of rotatable bonds is 4. The van der Waals surface area contributed by atoms with Gasteiger partial charge in [-0.3, -0.25) is 9.48 Å². The van der Waals surface area contributed by atoms with Crippen LogP contribution in [0.1, 0.15) is 45.7 Å². The summed E-state index contributed by atoms with van der Waals surface area (Å²) >= 11 is 0. The van der Waals surface area contributed by atoms with Gasteiger partial charge in [0, 0.05) is 31.8 Å². The molecule has 0 spiro atoms. The molecule has 0 aliphatic carbocycles. The van der Waals surface area contributed by atoms with E-state index in [1.165, 1.54) is 6.20 Å². The number of aryl methyl sites for hydroxylation is 2. The van der Waals surface area contributed by atoms with Gasteiger partial charge in [0.2, 0.25) is 0 Å². The predicted octanol–water partition coefficient (Wildman–Crippen LogP) is 3.52. The Morgan fingerprint density at radius 2 is 2.03 bits per heavy atom. The summed E-state index contributed by atoms with van der Waals surface area (Å²) in [6.45, 7) is 2.04. The first-order valence-corrected chi connectivity index (χ1v) is 9.47. The molecule has 4 rings (SSSR count). The van der Waals surface area contributed by atoms with Crippen LogP contribution in [0.25, 0.3) is 0 Å². The molecule has 10 heteroatoms. The van der Waals surface area contributed by atoms with Crippen molar-refractivity contribution >= 4 is 11.7 Å². The van der Waals surface area contributed by atoms with Crippen LogP contribution in [-0.2, 0) is 13.6 Å². The van der Waals surface area contributed by atoms with Gasteiger partial charge >= 0.3 is 6.18 Å². The van der Waals surface area contributed by atoms with Crippen molar-refractivity contribution in [3.8, 4) is 0 Å². The number of nitrogens with one attached hydrogen (secondary N) is 2. The van der Waals surface area contributed by atoms with Gasteiger partial charge in [0.1, 0.15) is 11.4 Å². The molecule has 1 aliphatic heterocycles. The zero-order valence-corrected chi connectivity index (χ0v) is 16.4. The molecule has 7 nitrogen and oxygen atoms in total. The molecule has 3 aromatic rings. The topological polar surface area (TPSA) is 76.8 Å². The number of hydrogen-bond donors (Lipinski definition) is 2. The summed E-state index contributed by atoms with van der Waals surface area (Å²) in [4.78, 5) is 12.8. The molecule has 158 valence electrons. The third kappa shape index (κ3) is 3.77. The number of amides is 1. The monoisotopic (exact) mass is 418 g/mol. The molecular weight excluding hydrogens is 397 g/mol. The van der Waals surface area contributed by atoms with Crippen molar-refractivity contribution in [1.29, 1.82) is 0 Å². The van der Waals surface area contributed by atoms with Crippen LogP contribution in [0.3, 0.4) is 0 Å². The first-order valence-electron chi connectivity index (χ1n) is 9.47. The molecule has 0 bridgehead atoms. The highest BCUT2D eigenvalue weighted by molar-refractivity contribution is 5.98. The highest BCUT2D eigenvalue weighted by Crippen LogP contribution is 2.44. The van der Waals surface area contributed by atoms with Crippen LogP contribution in [0.2, 0.25) is 0 Å². The van der Waals surface area contributed by atoms with Crippen LogP contribution in [0.15, 0.2) is 42.7 Å². The Morgan fingerprint density at radius 3 is 2.67 bits per heavy atom. The average Bonchev–Trinajstić information content (AvgIpc) is 3.27. The van der Waals surface area contributed by atoms with Crippen LogP contribution < -0.4 is 10.6 Å². The van der Waals surface area contributed by atoms with E-state index >= 15 is 0 Å². The predicted molar refractivity (Wildman–Crippen MR) is 104 cm³/mol. The number of hydrogen-bond acceptors (Lipinski definition) is 4. The van der Waals surface area contributed by atoms with E-state index in [4.69, 9.17) is 0 Å². The Morgan fingerprint density at radius 1 is 1.30 bits per heavy atom. The van der Waals surface area contributed by atoms with Gasteiger partial charge < -0.3 is 10.6 Å². The second-order valence-electron chi connectivity index (χ2n) is 7.35. The Kier molecular flexibility index (Phi) is 5.00. The number of aromatic nitrogens is 4. The molecule has 0 saturated heterocycles. The highest BCUT2D eigenvalue weighted by atomic mass is 19.4. The number of nitrogens with zero attached hydrogens (tertiary/aromatic N) is 4. The van der Waals surface area contributed by atoms with E-state index < -0.39 is 24.2 Å². The van der Waals surface area contributed by atoms with E-state index in [1.807, 2.05) is 6.92 Å². The Bertz CT molecular complexity index is 1060. The molecule has 0 radical (unpaired) electrons. The lowest BCUT2D eigenvalue weighted by atomic mass is 9.96. The summed E-state index contributed by atoms with van der Waals surface area (Å²) in [6.07, 6.45) is -1.74. The average molecular weight is 418 g/mol. The van der Waals surface area contributed by atoms with Gasteiger partial charge in [-0.25, -0.2) is 4.68 Å². The number of benzene rings is 1. The fourth-order valence-electron chi connectivity index (χ4n) is 3.73. The summed E-state index contributed by atoms with van der Waals surface area (Å²) in [7, 11) is 1.78. The first-order chi connectivity index (χ1) is 14.2. The number of fused-ring (bicyclic) bond motifs is 1. The maximum absolute atomic E-state index is 13.7. The second-order valence-corrected chi connectivity index (χ2v) is 7.35. The van der Waals surface area contributed by atoms with E-state index in [1.54, 1.807) is 48.3 Å². The highest BCUT2D eigenvalue weighted by Gasteiger charge is 2.47. The number of anilines is 1. The maximum atomic E-state index is 13.7. The lowest BCUT2D eigenvalue weighted by Crippen LogP contribution is -2.36. The molecule has 0 fully saturated rings. The van der Waals surface area contributed by atoms with Crippen molar-refractivity contribution in [2.45, 2.75) is 38.1 Å². The van der Waals surface area contributed by atoms with Gasteiger partial charge in [0.25, 0.3) is 5.91 Å². The van der Waals surface area contributed by atoms with Gasteiger partial charge in [0.05, 0.1) is 17.9 Å².